The number of guanidine groups is 1. The smallest absolute Gasteiger partial charge is 0.387 e. The maximum absolute atomic E-state index is 14.0. The number of nitrogens with two attached hydrogens (primary N) is 1. The number of carbonyl (C=O) groups is 1. The van der Waals surface area contributed by atoms with Crippen molar-refractivity contribution in [1.82, 2.24) is 15.5 Å². The molecule has 1 aromatic carbocycles. The number of aliphatic imine (C=N–C) groups is 1. The Morgan fingerprint density at radius 3 is 2.64 bits per heavy atom. The fraction of sp³-hybridized carbons (Fsp3) is 0.529. The van der Waals surface area contributed by atoms with Crippen LogP contribution in [0.3, 0.4) is 0 Å². The first kappa shape index (κ1) is 24.1. The van der Waals surface area contributed by atoms with Crippen molar-refractivity contribution in [2.45, 2.75) is 39.0 Å². The monoisotopic (exact) mass is 515 g/mol. The molecule has 1 saturated heterocycles. The second-order valence-electron chi connectivity index (χ2n) is 6.03. The number of primary amides is 1. The molecule has 0 saturated carbocycles. The normalized spacial score (nSPS) is 15.2. The third-order valence-corrected chi connectivity index (χ3v) is 4.18. The van der Waals surface area contributed by atoms with Crippen molar-refractivity contribution in [2.24, 2.45) is 10.7 Å². The maximum atomic E-state index is 14.0. The van der Waals surface area contributed by atoms with Crippen LogP contribution in [0.2, 0.25) is 0 Å². The average Bonchev–Trinajstić information content (AvgIpc) is 2.61. The molecule has 0 spiro atoms. The summed E-state index contributed by atoms with van der Waals surface area (Å²) in [4.78, 5) is 17.0. The second kappa shape index (κ2) is 11.8. The first-order valence-electron chi connectivity index (χ1n) is 8.72. The predicted octanol–water partition coefficient (Wildman–Crippen LogP) is 2.64. The number of hydrogen-bond donors (Lipinski definition) is 3. The van der Waals surface area contributed by atoms with Crippen LogP contribution in [0.25, 0.3) is 0 Å². The molecule has 1 fully saturated rings. The van der Waals surface area contributed by atoms with Crippen molar-refractivity contribution in [1.29, 1.82) is 0 Å². The Morgan fingerprint density at radius 2 is 2.07 bits per heavy atom. The third kappa shape index (κ3) is 7.24. The summed E-state index contributed by atoms with van der Waals surface area (Å²) in [7, 11) is 0. The Morgan fingerprint density at radius 1 is 1.39 bits per heavy atom. The standard InChI is InChI=1S/C17H24F3N5O2.HI/c1-2-22-17(24-11-6-8-25(9-7-11)16(21)26)23-10-12-13(18)4-3-5-14(12)27-15(19)20;/h3-5,11,15H,2,6-10H2,1H3,(H2,21,26)(H2,22,23,24);1H. The molecule has 1 aromatic rings. The highest BCUT2D eigenvalue weighted by molar-refractivity contribution is 14.0. The fourth-order valence-electron chi connectivity index (χ4n) is 2.81. The molecule has 0 aliphatic carbocycles. The molecule has 0 bridgehead atoms. The molecule has 2 rings (SSSR count). The van der Waals surface area contributed by atoms with Crippen LogP contribution in [0.5, 0.6) is 5.75 Å². The van der Waals surface area contributed by atoms with Gasteiger partial charge >= 0.3 is 12.6 Å². The molecule has 4 N–H and O–H groups in total. The molecule has 1 heterocycles. The van der Waals surface area contributed by atoms with E-state index in [2.05, 4.69) is 20.4 Å². The van der Waals surface area contributed by atoms with Gasteiger partial charge in [-0.2, -0.15) is 8.78 Å². The zero-order chi connectivity index (χ0) is 19.8. The summed E-state index contributed by atoms with van der Waals surface area (Å²) in [5, 5.41) is 6.25. The Bertz CT molecular complexity index is 670. The van der Waals surface area contributed by atoms with Gasteiger partial charge in [-0.1, -0.05) is 6.07 Å². The first-order valence-corrected chi connectivity index (χ1v) is 8.72. The molecule has 1 aliphatic rings. The number of piperidine rings is 1. The lowest BCUT2D eigenvalue weighted by atomic mass is 10.1. The van der Waals surface area contributed by atoms with E-state index in [1.807, 2.05) is 6.92 Å². The lowest BCUT2D eigenvalue weighted by Gasteiger charge is -2.32. The zero-order valence-corrected chi connectivity index (χ0v) is 17.8. The van der Waals surface area contributed by atoms with Gasteiger partial charge in [0.1, 0.15) is 11.6 Å². The minimum atomic E-state index is -3.05. The van der Waals surface area contributed by atoms with Crippen molar-refractivity contribution in [3.05, 3.63) is 29.6 Å². The SMILES string of the molecule is CCNC(=NCc1c(F)cccc1OC(F)F)NC1CCN(C(N)=O)CC1.I. The minimum absolute atomic E-state index is 0. The number of nitrogens with zero attached hydrogens (tertiary/aromatic N) is 2. The van der Waals surface area contributed by atoms with E-state index in [0.29, 0.717) is 38.4 Å². The second-order valence-corrected chi connectivity index (χ2v) is 6.03. The van der Waals surface area contributed by atoms with Crippen LogP contribution < -0.4 is 21.1 Å². The lowest BCUT2D eigenvalue weighted by Crippen LogP contribution is -2.50. The van der Waals surface area contributed by atoms with E-state index >= 15 is 0 Å². The molecule has 11 heteroatoms. The van der Waals surface area contributed by atoms with Gasteiger partial charge in [0.15, 0.2) is 5.96 Å². The number of likely N-dealkylation sites (tertiary alicyclic amines) is 1. The highest BCUT2D eigenvalue weighted by Gasteiger charge is 2.22. The molecular formula is C17H25F3IN5O2. The Labute approximate surface area is 178 Å². The Hall–Kier alpha value is -1.92. The number of alkyl halides is 2. The number of benzene rings is 1. The van der Waals surface area contributed by atoms with Crippen LogP contribution in [-0.4, -0.2) is 49.2 Å². The summed E-state index contributed by atoms with van der Waals surface area (Å²) < 4.78 is 43.4. The molecule has 0 radical (unpaired) electrons. The number of amides is 2. The van der Waals surface area contributed by atoms with E-state index in [4.69, 9.17) is 5.73 Å². The Kier molecular flexibility index (Phi) is 10.2. The summed E-state index contributed by atoms with van der Waals surface area (Å²) in [5.74, 6) is -0.469. The van der Waals surface area contributed by atoms with Crippen molar-refractivity contribution < 1.29 is 22.7 Å². The highest BCUT2D eigenvalue weighted by Crippen LogP contribution is 2.24. The summed E-state index contributed by atoms with van der Waals surface area (Å²) in [6, 6.07) is 3.37. The van der Waals surface area contributed by atoms with Crippen LogP contribution in [-0.2, 0) is 6.54 Å². The van der Waals surface area contributed by atoms with Crippen LogP contribution >= 0.6 is 24.0 Å². The van der Waals surface area contributed by atoms with E-state index in [0.717, 1.165) is 0 Å². The molecule has 28 heavy (non-hydrogen) atoms. The lowest BCUT2D eigenvalue weighted by molar-refractivity contribution is -0.0506. The van der Waals surface area contributed by atoms with E-state index in [1.54, 1.807) is 4.90 Å². The van der Waals surface area contributed by atoms with Gasteiger partial charge < -0.3 is 26.0 Å². The van der Waals surface area contributed by atoms with Gasteiger partial charge in [0, 0.05) is 25.7 Å². The summed E-state index contributed by atoms with van der Waals surface area (Å²) in [6.45, 7) is 0.309. The number of rotatable bonds is 6. The van der Waals surface area contributed by atoms with Crippen molar-refractivity contribution in [3.63, 3.8) is 0 Å². The molecule has 0 aromatic heterocycles. The summed E-state index contributed by atoms with van der Waals surface area (Å²) in [5.41, 5.74) is 5.22. The number of ether oxygens (including phenoxy) is 1. The molecule has 0 atom stereocenters. The number of nitrogens with one attached hydrogen (secondary N) is 2. The van der Waals surface area contributed by atoms with E-state index in [1.165, 1.54) is 18.2 Å². The Balaban J connectivity index is 0.00000392. The quantitative estimate of drug-likeness (QED) is 0.309. The van der Waals surface area contributed by atoms with Gasteiger partial charge in [-0.05, 0) is 31.9 Å². The fourth-order valence-corrected chi connectivity index (χ4v) is 2.81. The van der Waals surface area contributed by atoms with Gasteiger partial charge in [0.05, 0.1) is 12.1 Å². The largest absolute Gasteiger partial charge is 0.434 e. The van der Waals surface area contributed by atoms with Crippen LogP contribution in [0.1, 0.15) is 25.3 Å². The number of halogens is 4. The van der Waals surface area contributed by atoms with Crippen LogP contribution in [0, 0.1) is 5.82 Å². The van der Waals surface area contributed by atoms with E-state index in [-0.39, 0.29) is 47.9 Å². The average molecular weight is 515 g/mol. The van der Waals surface area contributed by atoms with E-state index < -0.39 is 18.5 Å². The summed E-state index contributed by atoms with van der Waals surface area (Å²) >= 11 is 0. The third-order valence-electron chi connectivity index (χ3n) is 4.18. The molecule has 2 amide bonds. The number of carbonyl (C=O) groups excluding carboxylic acids is 1. The van der Waals surface area contributed by atoms with Gasteiger partial charge in [0.2, 0.25) is 0 Å². The number of urea groups is 1. The van der Waals surface area contributed by atoms with Crippen molar-refractivity contribution in [2.75, 3.05) is 19.6 Å². The number of hydrogen-bond acceptors (Lipinski definition) is 3. The topological polar surface area (TPSA) is 92.0 Å². The van der Waals surface area contributed by atoms with Crippen molar-refractivity contribution >= 4 is 36.0 Å². The van der Waals surface area contributed by atoms with Gasteiger partial charge in [-0.3, -0.25) is 0 Å². The van der Waals surface area contributed by atoms with Crippen LogP contribution in [0.4, 0.5) is 18.0 Å². The highest BCUT2D eigenvalue weighted by atomic mass is 127. The van der Waals surface area contributed by atoms with E-state index in [9.17, 15) is 18.0 Å². The van der Waals surface area contributed by atoms with Gasteiger partial charge in [-0.25, -0.2) is 14.2 Å². The molecular weight excluding hydrogens is 490 g/mol. The predicted molar refractivity (Wildman–Crippen MR) is 111 cm³/mol. The van der Waals surface area contributed by atoms with Crippen LogP contribution in [0.15, 0.2) is 23.2 Å². The van der Waals surface area contributed by atoms with Crippen molar-refractivity contribution in [3.8, 4) is 5.75 Å². The van der Waals surface area contributed by atoms with Gasteiger partial charge in [0.25, 0.3) is 0 Å². The minimum Gasteiger partial charge on any atom is -0.434 e. The first-order chi connectivity index (χ1) is 12.9. The molecule has 7 nitrogen and oxygen atoms in total. The summed E-state index contributed by atoms with van der Waals surface area (Å²) in [6.07, 6.45) is 1.37. The molecule has 158 valence electrons. The molecule has 1 aliphatic heterocycles. The zero-order valence-electron chi connectivity index (χ0n) is 15.5. The molecule has 0 unspecified atom stereocenters. The maximum Gasteiger partial charge on any atom is 0.387 e. The van der Waals surface area contributed by atoms with Gasteiger partial charge in [-0.15, -0.1) is 24.0 Å².